The minimum atomic E-state index is -4.89. The molecule has 0 radical (unpaired) electrons. The van der Waals surface area contributed by atoms with Crippen LogP contribution in [0.5, 0.6) is 0 Å². The van der Waals surface area contributed by atoms with Gasteiger partial charge in [-0.25, -0.2) is 9.69 Å². The fraction of sp³-hybridized carbons (Fsp3) is 0.350. The Morgan fingerprint density at radius 2 is 2.03 bits per heavy atom. The van der Waals surface area contributed by atoms with Gasteiger partial charge in [0.2, 0.25) is 17.7 Å². The van der Waals surface area contributed by atoms with Crippen molar-refractivity contribution in [3.05, 3.63) is 51.0 Å². The highest BCUT2D eigenvalue weighted by molar-refractivity contribution is 6.31. The molecule has 0 bridgehead atoms. The summed E-state index contributed by atoms with van der Waals surface area (Å²) in [4.78, 5) is 39.2. The molecule has 3 heterocycles. The number of H-pyrrole nitrogens is 1. The summed E-state index contributed by atoms with van der Waals surface area (Å²) in [5.74, 6) is -2.41. The van der Waals surface area contributed by atoms with Gasteiger partial charge in [0.1, 0.15) is 6.61 Å². The maximum absolute atomic E-state index is 13.5. The highest BCUT2D eigenvalue weighted by Gasteiger charge is 2.40. The average molecular weight is 483 g/mol. The Balaban J connectivity index is 1.73. The van der Waals surface area contributed by atoms with Gasteiger partial charge < -0.3 is 15.0 Å². The first-order valence-corrected chi connectivity index (χ1v) is 10.3. The number of alkyl halides is 3. The Labute approximate surface area is 190 Å². The highest BCUT2D eigenvalue weighted by Crippen LogP contribution is 2.30. The molecular weight excluding hydrogens is 465 g/mol. The zero-order chi connectivity index (χ0) is 23.9. The third kappa shape index (κ3) is 4.56. The topological polar surface area (TPSA) is 113 Å². The average Bonchev–Trinajstić information content (AvgIpc) is 3.13. The second-order valence-corrected chi connectivity index (χ2v) is 7.88. The Morgan fingerprint density at radius 3 is 2.73 bits per heavy atom. The smallest absolute Gasteiger partial charge is 0.447 e. The number of ether oxygens (including phenoxy) is 1. The zero-order valence-electron chi connectivity index (χ0n) is 17.4. The van der Waals surface area contributed by atoms with Crippen LogP contribution in [0.3, 0.4) is 0 Å². The number of rotatable bonds is 5. The molecule has 0 spiro atoms. The molecule has 1 saturated heterocycles. The van der Waals surface area contributed by atoms with Gasteiger partial charge in [0.05, 0.1) is 12.1 Å². The molecule has 33 heavy (non-hydrogen) atoms. The molecular formula is C20H18ClF3N6O3. The van der Waals surface area contributed by atoms with Gasteiger partial charge in [0, 0.05) is 21.5 Å². The lowest BCUT2D eigenvalue weighted by atomic mass is 10.1. The van der Waals surface area contributed by atoms with Crippen LogP contribution in [-0.4, -0.2) is 38.7 Å². The van der Waals surface area contributed by atoms with Crippen molar-refractivity contribution in [1.82, 2.24) is 19.9 Å². The van der Waals surface area contributed by atoms with Crippen LogP contribution >= 0.6 is 11.6 Å². The highest BCUT2D eigenvalue weighted by atomic mass is 35.5. The summed E-state index contributed by atoms with van der Waals surface area (Å²) in [5, 5.41) is 3.81. The molecule has 3 aromatic rings. The summed E-state index contributed by atoms with van der Waals surface area (Å²) in [6.07, 6.45) is -5.31. The number of nitrogens with zero attached hydrogens (tertiary/aromatic N) is 4. The second kappa shape index (κ2) is 8.50. The molecule has 2 atom stereocenters. The Kier molecular flexibility index (Phi) is 5.87. The summed E-state index contributed by atoms with van der Waals surface area (Å²) in [7, 11) is 0. The van der Waals surface area contributed by atoms with E-state index < -0.39 is 47.6 Å². The predicted molar refractivity (Wildman–Crippen MR) is 114 cm³/mol. The van der Waals surface area contributed by atoms with E-state index in [-0.39, 0.29) is 12.2 Å². The van der Waals surface area contributed by atoms with Crippen LogP contribution in [0.2, 0.25) is 5.02 Å². The third-order valence-corrected chi connectivity index (χ3v) is 5.41. The minimum absolute atomic E-state index is 0.0105. The number of carbonyl (C=O) groups is 1. The van der Waals surface area contributed by atoms with Gasteiger partial charge in [0.25, 0.3) is 5.56 Å². The molecule has 1 aromatic carbocycles. The summed E-state index contributed by atoms with van der Waals surface area (Å²) in [6, 6.07) is 5.19. The van der Waals surface area contributed by atoms with Crippen molar-refractivity contribution in [1.29, 1.82) is 0 Å². The van der Waals surface area contributed by atoms with Crippen LogP contribution in [0, 0.1) is 0 Å². The molecule has 9 nitrogen and oxygen atoms in total. The molecule has 4 rings (SSSR count). The van der Waals surface area contributed by atoms with E-state index in [4.69, 9.17) is 16.3 Å². The monoisotopic (exact) mass is 482 g/mol. The maximum Gasteiger partial charge on any atom is 0.451 e. The summed E-state index contributed by atoms with van der Waals surface area (Å²) in [6.45, 7) is 3.33. The number of anilines is 2. The lowest BCUT2D eigenvalue weighted by Crippen LogP contribution is -2.35. The van der Waals surface area contributed by atoms with Gasteiger partial charge in [-0.05, 0) is 37.6 Å². The first kappa shape index (κ1) is 22.8. The predicted octanol–water partition coefficient (Wildman–Crippen LogP) is 4.29. The Hall–Kier alpha value is -3.41. The van der Waals surface area contributed by atoms with Crippen LogP contribution < -0.4 is 15.8 Å². The van der Waals surface area contributed by atoms with Gasteiger partial charge in [-0.2, -0.15) is 28.1 Å². The first-order chi connectivity index (χ1) is 15.6. The molecule has 1 aliphatic heterocycles. The molecule has 2 aromatic heterocycles. The standard InChI is InChI=1S/C20H18ClF3N6O3/c1-3-12-8-33-19(32)30(12)18-28-16(20(22,23)24)27-17(29-18)25-9(2)13-7-10-6-11(21)4-5-14(10)26-15(13)31/h4-7,9,12H,3,8H2,1-2H3,(H,26,31)(H,25,27,28,29)/t9-,12-/m0/s1. The number of hydrogen-bond acceptors (Lipinski definition) is 7. The summed E-state index contributed by atoms with van der Waals surface area (Å²) < 4.78 is 45.3. The van der Waals surface area contributed by atoms with E-state index in [1.165, 1.54) is 0 Å². The normalized spacial score (nSPS) is 17.3. The lowest BCUT2D eigenvalue weighted by molar-refractivity contribution is -0.144. The lowest BCUT2D eigenvalue weighted by Gasteiger charge is -2.20. The molecule has 1 amide bonds. The van der Waals surface area contributed by atoms with E-state index in [0.717, 1.165) is 4.90 Å². The van der Waals surface area contributed by atoms with Crippen LogP contribution in [0.1, 0.15) is 37.7 Å². The quantitative estimate of drug-likeness (QED) is 0.557. The molecule has 1 aliphatic rings. The van der Waals surface area contributed by atoms with Gasteiger partial charge in [-0.3, -0.25) is 4.79 Å². The van der Waals surface area contributed by atoms with Crippen molar-refractivity contribution < 1.29 is 22.7 Å². The van der Waals surface area contributed by atoms with Crippen molar-refractivity contribution in [3.63, 3.8) is 0 Å². The number of amides is 1. The first-order valence-electron chi connectivity index (χ1n) is 9.95. The fourth-order valence-corrected chi connectivity index (χ4v) is 3.64. The number of cyclic esters (lactones) is 1. The maximum atomic E-state index is 13.5. The van der Waals surface area contributed by atoms with E-state index in [9.17, 15) is 22.8 Å². The molecule has 174 valence electrons. The zero-order valence-corrected chi connectivity index (χ0v) is 18.2. The largest absolute Gasteiger partial charge is 0.451 e. The number of benzene rings is 1. The van der Waals surface area contributed by atoms with Crippen molar-refractivity contribution in [2.45, 2.75) is 38.5 Å². The number of aromatic amines is 1. The summed E-state index contributed by atoms with van der Waals surface area (Å²) >= 11 is 6.01. The Bertz CT molecular complexity index is 1280. The number of aromatic nitrogens is 4. The van der Waals surface area contributed by atoms with Crippen LogP contribution in [0.4, 0.5) is 29.9 Å². The Morgan fingerprint density at radius 1 is 1.27 bits per heavy atom. The number of fused-ring (bicyclic) bond motifs is 1. The number of hydrogen-bond donors (Lipinski definition) is 2. The van der Waals surface area contributed by atoms with Crippen LogP contribution in [0.25, 0.3) is 10.9 Å². The number of carbonyl (C=O) groups excluding carboxylic acids is 1. The molecule has 2 N–H and O–H groups in total. The molecule has 0 saturated carbocycles. The summed E-state index contributed by atoms with van der Waals surface area (Å²) in [5.41, 5.74) is 0.344. The molecule has 1 fully saturated rings. The SMILES string of the molecule is CC[C@H]1COC(=O)N1c1nc(N[C@@H](C)c2cc3cc(Cl)ccc3[nH]c2=O)nc(C(F)(F)F)n1. The van der Waals surface area contributed by atoms with E-state index >= 15 is 0 Å². The molecule has 0 unspecified atom stereocenters. The number of nitrogens with one attached hydrogen (secondary N) is 2. The van der Waals surface area contributed by atoms with Gasteiger partial charge in [0.15, 0.2) is 0 Å². The second-order valence-electron chi connectivity index (χ2n) is 7.44. The molecule has 0 aliphatic carbocycles. The third-order valence-electron chi connectivity index (χ3n) is 5.17. The van der Waals surface area contributed by atoms with Crippen molar-refractivity contribution in [2.24, 2.45) is 0 Å². The van der Waals surface area contributed by atoms with E-state index in [0.29, 0.717) is 22.3 Å². The van der Waals surface area contributed by atoms with E-state index in [2.05, 4.69) is 25.3 Å². The molecule has 13 heteroatoms. The van der Waals surface area contributed by atoms with Gasteiger partial charge >= 0.3 is 12.3 Å². The van der Waals surface area contributed by atoms with Crippen LogP contribution in [-0.2, 0) is 10.9 Å². The van der Waals surface area contributed by atoms with Crippen molar-refractivity contribution >= 4 is 40.5 Å². The van der Waals surface area contributed by atoms with Gasteiger partial charge in [-0.1, -0.05) is 18.5 Å². The van der Waals surface area contributed by atoms with Gasteiger partial charge in [-0.15, -0.1) is 0 Å². The van der Waals surface area contributed by atoms with Crippen molar-refractivity contribution in [3.8, 4) is 0 Å². The van der Waals surface area contributed by atoms with Crippen molar-refractivity contribution in [2.75, 3.05) is 16.8 Å². The fourth-order valence-electron chi connectivity index (χ4n) is 3.46. The van der Waals surface area contributed by atoms with E-state index in [1.54, 1.807) is 38.1 Å². The van der Waals surface area contributed by atoms with Crippen LogP contribution in [0.15, 0.2) is 29.1 Å². The number of halogens is 4. The number of pyridine rings is 1. The minimum Gasteiger partial charge on any atom is -0.447 e. The van der Waals surface area contributed by atoms with E-state index in [1.807, 2.05) is 0 Å².